The Morgan fingerprint density at radius 1 is 0.970 bits per heavy atom. The molecule has 0 unspecified atom stereocenters. The fourth-order valence-electron chi connectivity index (χ4n) is 3.03. The number of benzene rings is 3. The van der Waals surface area contributed by atoms with Crippen LogP contribution in [0, 0.1) is 11.6 Å². The van der Waals surface area contributed by atoms with Crippen LogP contribution in [-0.2, 0) is 6.54 Å². The lowest BCUT2D eigenvalue weighted by Gasteiger charge is -2.11. The van der Waals surface area contributed by atoms with Crippen molar-refractivity contribution in [1.29, 1.82) is 0 Å². The van der Waals surface area contributed by atoms with Gasteiger partial charge in [-0.3, -0.25) is 4.79 Å². The summed E-state index contributed by atoms with van der Waals surface area (Å²) in [7, 11) is 1.44. The molecule has 6 N–H and O–H groups in total. The molecule has 0 aromatic heterocycles. The summed E-state index contributed by atoms with van der Waals surface area (Å²) in [6.45, 7) is 0.173. The molecule has 174 valence electrons. The number of ether oxygens (including phenoxy) is 1. The van der Waals surface area contributed by atoms with Gasteiger partial charge in [0.1, 0.15) is 23.2 Å². The molecule has 0 fully saturated rings. The minimum Gasteiger partial charge on any atom is -0.496 e. The van der Waals surface area contributed by atoms with Crippen LogP contribution in [0.5, 0.6) is 5.75 Å². The van der Waals surface area contributed by atoms with Gasteiger partial charge in [0.05, 0.1) is 7.11 Å². The van der Waals surface area contributed by atoms with E-state index in [9.17, 15) is 13.6 Å². The van der Waals surface area contributed by atoms with Crippen molar-refractivity contribution in [3.63, 3.8) is 0 Å². The Morgan fingerprint density at radius 2 is 1.70 bits per heavy atom. The van der Waals surface area contributed by atoms with Crippen molar-refractivity contribution >= 4 is 17.3 Å². The zero-order chi connectivity index (χ0) is 23.8. The van der Waals surface area contributed by atoms with Gasteiger partial charge in [-0.15, -0.1) is 0 Å². The van der Waals surface area contributed by atoms with E-state index in [1.165, 1.54) is 31.4 Å². The predicted molar refractivity (Wildman–Crippen MR) is 129 cm³/mol. The Morgan fingerprint density at radius 3 is 2.45 bits per heavy atom. The fraction of sp³-hybridized carbons (Fsp3) is 0.0800. The first-order valence-electron chi connectivity index (χ1n) is 10.0. The second-order valence-corrected chi connectivity index (χ2v) is 7.10. The normalized spacial score (nSPS) is 11.7. The molecule has 3 aromatic carbocycles. The summed E-state index contributed by atoms with van der Waals surface area (Å²) in [5.74, 6) is -0.481. The molecule has 0 spiro atoms. The van der Waals surface area contributed by atoms with Gasteiger partial charge in [-0.25, -0.2) is 8.78 Å². The van der Waals surface area contributed by atoms with Gasteiger partial charge in [-0.05, 0) is 48.6 Å². The van der Waals surface area contributed by atoms with E-state index in [0.29, 0.717) is 33.8 Å². The van der Waals surface area contributed by atoms with E-state index in [-0.39, 0.29) is 26.9 Å². The number of nitrogens with one attached hydrogen (secondary N) is 2. The summed E-state index contributed by atoms with van der Waals surface area (Å²) in [6, 6.07) is 16.8. The molecular weight excluding hydrogens is 426 g/mol. The van der Waals surface area contributed by atoms with Crippen LogP contribution in [0.3, 0.4) is 0 Å². The van der Waals surface area contributed by atoms with E-state index >= 15 is 0 Å². The maximum absolute atomic E-state index is 13.3. The van der Waals surface area contributed by atoms with E-state index in [0.717, 1.165) is 0 Å². The fourth-order valence-corrected chi connectivity index (χ4v) is 3.03. The molecule has 0 radical (unpaired) electrons. The van der Waals surface area contributed by atoms with E-state index in [1.54, 1.807) is 54.6 Å². The van der Waals surface area contributed by atoms with Crippen LogP contribution in [0.1, 0.15) is 24.3 Å². The molecule has 1 amide bonds. The molecule has 6 nitrogen and oxygen atoms in total. The maximum Gasteiger partial charge on any atom is 0.251 e. The van der Waals surface area contributed by atoms with Crippen molar-refractivity contribution in [3.05, 3.63) is 113 Å². The average Bonchev–Trinajstić information content (AvgIpc) is 2.81. The Labute approximate surface area is 193 Å². The van der Waals surface area contributed by atoms with Crippen LogP contribution >= 0.6 is 0 Å². The van der Waals surface area contributed by atoms with E-state index in [2.05, 4.69) is 10.6 Å². The summed E-state index contributed by atoms with van der Waals surface area (Å²) in [5, 5.41) is 5.76. The van der Waals surface area contributed by atoms with Gasteiger partial charge in [0, 0.05) is 43.5 Å². The molecule has 0 aliphatic heterocycles. The van der Waals surface area contributed by atoms with Crippen molar-refractivity contribution in [3.8, 4) is 5.75 Å². The van der Waals surface area contributed by atoms with Crippen molar-refractivity contribution in [2.24, 2.45) is 11.5 Å². The van der Waals surface area contributed by atoms with Crippen LogP contribution in [-0.4, -0.2) is 13.0 Å². The lowest BCUT2D eigenvalue weighted by Crippen LogP contribution is -2.23. The molecule has 0 saturated heterocycles. The van der Waals surface area contributed by atoms with E-state index in [4.69, 9.17) is 16.2 Å². The lowest BCUT2D eigenvalue weighted by atomic mass is 10.1. The standard InChI is InChI=1S/C25H24F2N4O2.2H2/c1-33-23-14-20(27)9-8-18(23)15-30-25(32)17-5-3-7-21(13-17)31-24(29)11-10-22(28)16-4-2-6-19(26)12-16;;/h2-14,31H,15,28-29H2,1H3,(H,30,32);2*1H/b22-10-,24-11+;;. The summed E-state index contributed by atoms with van der Waals surface area (Å²) >= 11 is 0. The molecule has 33 heavy (non-hydrogen) atoms. The highest BCUT2D eigenvalue weighted by molar-refractivity contribution is 5.95. The second kappa shape index (κ2) is 10.8. The number of amides is 1. The smallest absolute Gasteiger partial charge is 0.251 e. The number of allylic oxidation sites excluding steroid dienone is 2. The molecule has 3 rings (SSSR count). The number of carbonyl (C=O) groups is 1. The monoisotopic (exact) mass is 454 g/mol. The maximum atomic E-state index is 13.3. The third-order valence-electron chi connectivity index (χ3n) is 4.70. The second-order valence-electron chi connectivity index (χ2n) is 7.10. The first kappa shape index (κ1) is 23.3. The van der Waals surface area contributed by atoms with Crippen molar-refractivity contribution in [1.82, 2.24) is 5.32 Å². The average molecular weight is 455 g/mol. The predicted octanol–water partition coefficient (Wildman–Crippen LogP) is 4.61. The first-order chi connectivity index (χ1) is 15.9. The quantitative estimate of drug-likeness (QED) is 0.373. The molecular formula is C25H28F2N4O2. The van der Waals surface area contributed by atoms with E-state index in [1.807, 2.05) is 0 Å². The van der Waals surface area contributed by atoms with Gasteiger partial charge in [0.2, 0.25) is 0 Å². The SMILES string of the molecule is COc1cc(F)ccc1CNC(=O)c1cccc(N/C(N)=C/C=C(\N)c2cccc(F)c2)c1.[HH].[HH]. The molecule has 0 heterocycles. The van der Waals surface area contributed by atoms with Crippen LogP contribution in [0.2, 0.25) is 0 Å². The molecule has 3 aromatic rings. The van der Waals surface area contributed by atoms with Crippen LogP contribution in [0.15, 0.2) is 84.7 Å². The van der Waals surface area contributed by atoms with Crippen molar-refractivity contribution in [2.45, 2.75) is 6.54 Å². The minimum atomic E-state index is -0.418. The topological polar surface area (TPSA) is 102 Å². The summed E-state index contributed by atoms with van der Waals surface area (Å²) in [5.41, 5.74) is 14.5. The summed E-state index contributed by atoms with van der Waals surface area (Å²) in [4.78, 5) is 12.6. The van der Waals surface area contributed by atoms with E-state index < -0.39 is 5.82 Å². The first-order valence-corrected chi connectivity index (χ1v) is 10.0. The highest BCUT2D eigenvalue weighted by Crippen LogP contribution is 2.20. The number of rotatable bonds is 8. The number of hydrogen-bond acceptors (Lipinski definition) is 5. The van der Waals surface area contributed by atoms with Crippen molar-refractivity contribution in [2.75, 3.05) is 12.4 Å². The molecule has 8 heteroatoms. The Hall–Kier alpha value is -4.33. The largest absolute Gasteiger partial charge is 0.496 e. The van der Waals surface area contributed by atoms with Crippen molar-refractivity contribution < 1.29 is 21.2 Å². The number of nitrogens with two attached hydrogens (primary N) is 2. The number of carbonyl (C=O) groups excluding carboxylic acids is 1. The van der Waals surface area contributed by atoms with Gasteiger partial charge < -0.3 is 26.8 Å². The summed E-state index contributed by atoms with van der Waals surface area (Å²) < 4.78 is 31.8. The van der Waals surface area contributed by atoms with Gasteiger partial charge in [-0.1, -0.05) is 24.3 Å². The Kier molecular flexibility index (Phi) is 7.64. The minimum absolute atomic E-state index is 0. The Bertz CT molecular complexity index is 1220. The van der Waals surface area contributed by atoms with Gasteiger partial charge in [0.25, 0.3) is 5.91 Å². The lowest BCUT2D eigenvalue weighted by molar-refractivity contribution is 0.0950. The highest BCUT2D eigenvalue weighted by Gasteiger charge is 2.09. The molecule has 0 aliphatic rings. The molecule has 0 atom stereocenters. The summed E-state index contributed by atoms with van der Waals surface area (Å²) in [6.07, 6.45) is 3.11. The van der Waals surface area contributed by atoms with Gasteiger partial charge in [0.15, 0.2) is 0 Å². The third-order valence-corrected chi connectivity index (χ3v) is 4.70. The number of halogens is 2. The van der Waals surface area contributed by atoms with Gasteiger partial charge in [-0.2, -0.15) is 0 Å². The third kappa shape index (κ3) is 6.57. The molecule has 0 aliphatic carbocycles. The number of anilines is 1. The number of hydrogen-bond donors (Lipinski definition) is 4. The zero-order valence-electron chi connectivity index (χ0n) is 17.9. The highest BCUT2D eigenvalue weighted by atomic mass is 19.1. The zero-order valence-corrected chi connectivity index (χ0v) is 17.9. The van der Waals surface area contributed by atoms with Crippen LogP contribution < -0.4 is 26.8 Å². The van der Waals surface area contributed by atoms with Crippen LogP contribution in [0.25, 0.3) is 5.70 Å². The van der Waals surface area contributed by atoms with Crippen LogP contribution in [0.4, 0.5) is 14.5 Å². The van der Waals surface area contributed by atoms with Gasteiger partial charge >= 0.3 is 0 Å². The Balaban J connectivity index is 0.00000306. The molecule has 0 saturated carbocycles. The molecule has 0 bridgehead atoms. The number of methoxy groups -OCH3 is 1.